The maximum absolute atomic E-state index is 10.9. The van der Waals surface area contributed by atoms with E-state index in [-0.39, 0.29) is 30.4 Å². The van der Waals surface area contributed by atoms with Gasteiger partial charge in [0, 0.05) is 0 Å². The summed E-state index contributed by atoms with van der Waals surface area (Å²) in [6, 6.07) is 6.11. The molecule has 0 aliphatic carbocycles. The normalized spacial score (nSPS) is 8.87. The van der Waals surface area contributed by atoms with Crippen molar-refractivity contribution in [2.45, 2.75) is 6.42 Å². The molecule has 0 atom stereocenters. The van der Waals surface area contributed by atoms with Crippen molar-refractivity contribution in [1.82, 2.24) is 0 Å². The molecule has 0 spiro atoms. The summed E-state index contributed by atoms with van der Waals surface area (Å²) in [6.07, 6.45) is 0.163. The lowest BCUT2D eigenvalue weighted by Crippen LogP contribution is -2.04. The van der Waals surface area contributed by atoms with E-state index >= 15 is 0 Å². The Hall–Kier alpha value is -1.55. The lowest BCUT2D eigenvalue weighted by Gasteiger charge is -2.00. The van der Waals surface area contributed by atoms with Crippen molar-refractivity contribution in [2.24, 2.45) is 0 Å². The summed E-state index contributed by atoms with van der Waals surface area (Å²) in [5.41, 5.74) is 0.945. The lowest BCUT2D eigenvalue weighted by atomic mass is 10.1. The number of hydrogen-bond acceptors (Lipinski definition) is 3. The van der Waals surface area contributed by atoms with Gasteiger partial charge in [-0.3, -0.25) is 4.79 Å². The van der Waals surface area contributed by atoms with Gasteiger partial charge < -0.3 is 9.84 Å². The molecule has 15 heavy (non-hydrogen) atoms. The first kappa shape index (κ1) is 13.4. The Morgan fingerprint density at radius 2 is 1.80 bits per heavy atom. The quantitative estimate of drug-likeness (QED) is 0.800. The van der Waals surface area contributed by atoms with Crippen LogP contribution in [0.3, 0.4) is 0 Å². The molecule has 0 unspecified atom stereocenters. The molecule has 0 aliphatic rings. The molecule has 0 aliphatic heterocycles. The van der Waals surface area contributed by atoms with Crippen molar-refractivity contribution in [1.29, 1.82) is 0 Å². The van der Waals surface area contributed by atoms with Crippen LogP contribution in [-0.4, -0.2) is 24.2 Å². The van der Waals surface area contributed by atoms with E-state index in [1.807, 2.05) is 0 Å². The van der Waals surface area contributed by atoms with Crippen molar-refractivity contribution in [3.8, 4) is 0 Å². The molecule has 1 aromatic carbocycles. The lowest BCUT2D eigenvalue weighted by molar-refractivity contribution is -0.139. The van der Waals surface area contributed by atoms with E-state index in [0.717, 1.165) is 5.56 Å². The maximum Gasteiger partial charge on any atom is 0.335 e. The van der Waals surface area contributed by atoms with Gasteiger partial charge in [0.2, 0.25) is 0 Å². The van der Waals surface area contributed by atoms with Gasteiger partial charge in [-0.2, -0.15) is 0 Å². The van der Waals surface area contributed by atoms with Crippen LogP contribution < -0.4 is 0 Å². The zero-order chi connectivity index (χ0) is 10.6. The van der Waals surface area contributed by atoms with E-state index in [4.69, 9.17) is 5.11 Å². The summed E-state index contributed by atoms with van der Waals surface area (Å²) < 4.78 is 4.48. The van der Waals surface area contributed by atoms with Crippen LogP contribution in [0, 0.1) is 0 Å². The van der Waals surface area contributed by atoms with Gasteiger partial charge in [0.1, 0.15) is 0 Å². The zero-order valence-corrected chi connectivity index (χ0v) is 8.91. The minimum absolute atomic E-state index is 0. The summed E-state index contributed by atoms with van der Waals surface area (Å²) in [5.74, 6) is -1.32. The van der Waals surface area contributed by atoms with Gasteiger partial charge in [0.05, 0.1) is 19.1 Å². The fraction of sp³-hybridized carbons (Fsp3) is 0.200. The van der Waals surface area contributed by atoms with Crippen LogP contribution in [-0.2, 0) is 16.0 Å². The molecule has 0 heterocycles. The van der Waals surface area contributed by atoms with Gasteiger partial charge in [0.15, 0.2) is 0 Å². The predicted octanol–water partition coefficient (Wildman–Crippen LogP) is 1.52. The Morgan fingerprint density at radius 1 is 1.27 bits per heavy atom. The van der Waals surface area contributed by atoms with E-state index in [9.17, 15) is 9.59 Å². The Labute approximate surface area is 93.3 Å². The Kier molecular flexibility index (Phi) is 5.41. The Bertz CT molecular complexity index is 345. The van der Waals surface area contributed by atoms with Gasteiger partial charge in [0.25, 0.3) is 0 Å². The Balaban J connectivity index is 0.00000196. The molecule has 0 saturated heterocycles. The molecule has 5 heteroatoms. The molecule has 1 aromatic rings. The topological polar surface area (TPSA) is 63.6 Å². The van der Waals surface area contributed by atoms with E-state index in [1.54, 1.807) is 12.1 Å². The van der Waals surface area contributed by atoms with Crippen LogP contribution in [0.1, 0.15) is 15.9 Å². The highest BCUT2D eigenvalue weighted by molar-refractivity contribution is 5.87. The average molecular weight is 231 g/mol. The molecule has 82 valence electrons. The highest BCUT2D eigenvalue weighted by Gasteiger charge is 2.04. The molecular formula is C10H11ClO4. The molecule has 0 bridgehead atoms. The van der Waals surface area contributed by atoms with Crippen molar-refractivity contribution < 1.29 is 19.4 Å². The van der Waals surface area contributed by atoms with Crippen molar-refractivity contribution in [3.05, 3.63) is 35.4 Å². The average Bonchev–Trinajstić information content (AvgIpc) is 2.18. The largest absolute Gasteiger partial charge is 0.478 e. The first-order chi connectivity index (χ1) is 6.63. The SMILES string of the molecule is COC(=O)Cc1ccc(C(=O)O)cc1.Cl. The number of hydrogen-bond donors (Lipinski definition) is 1. The van der Waals surface area contributed by atoms with Gasteiger partial charge in [-0.1, -0.05) is 12.1 Å². The molecule has 1 rings (SSSR count). The fourth-order valence-electron chi connectivity index (χ4n) is 1.00. The van der Waals surface area contributed by atoms with E-state index in [0.29, 0.717) is 0 Å². The summed E-state index contributed by atoms with van der Waals surface area (Å²) in [7, 11) is 1.31. The number of esters is 1. The highest BCUT2D eigenvalue weighted by atomic mass is 35.5. The number of aromatic carboxylic acids is 1. The van der Waals surface area contributed by atoms with Crippen LogP contribution in [0.25, 0.3) is 0 Å². The number of methoxy groups -OCH3 is 1. The third kappa shape index (κ3) is 3.99. The number of carboxylic acids is 1. The standard InChI is InChI=1S/C10H10O4.ClH/c1-14-9(11)6-7-2-4-8(5-3-7)10(12)13;/h2-5H,6H2,1H3,(H,12,13);1H. The number of benzene rings is 1. The molecule has 0 aromatic heterocycles. The van der Waals surface area contributed by atoms with Gasteiger partial charge in [-0.05, 0) is 17.7 Å². The molecule has 4 nitrogen and oxygen atoms in total. The third-order valence-corrected chi connectivity index (χ3v) is 1.78. The first-order valence-electron chi connectivity index (χ1n) is 4.02. The van der Waals surface area contributed by atoms with Crippen LogP contribution in [0.4, 0.5) is 0 Å². The van der Waals surface area contributed by atoms with Gasteiger partial charge >= 0.3 is 11.9 Å². The second-order valence-corrected chi connectivity index (χ2v) is 2.75. The minimum atomic E-state index is -0.977. The van der Waals surface area contributed by atoms with E-state index in [2.05, 4.69) is 4.74 Å². The highest BCUT2D eigenvalue weighted by Crippen LogP contribution is 2.05. The monoisotopic (exact) mass is 230 g/mol. The zero-order valence-electron chi connectivity index (χ0n) is 8.10. The minimum Gasteiger partial charge on any atom is -0.478 e. The number of carbonyl (C=O) groups is 2. The van der Waals surface area contributed by atoms with Crippen LogP contribution in [0.2, 0.25) is 0 Å². The summed E-state index contributed by atoms with van der Waals surface area (Å²) >= 11 is 0. The smallest absolute Gasteiger partial charge is 0.335 e. The second-order valence-electron chi connectivity index (χ2n) is 2.75. The number of rotatable bonds is 3. The van der Waals surface area contributed by atoms with Crippen molar-refractivity contribution in [2.75, 3.05) is 7.11 Å². The predicted molar refractivity (Wildman–Crippen MR) is 56.4 cm³/mol. The van der Waals surface area contributed by atoms with E-state index in [1.165, 1.54) is 19.2 Å². The van der Waals surface area contributed by atoms with Crippen LogP contribution >= 0.6 is 12.4 Å². The van der Waals surface area contributed by atoms with Crippen LogP contribution in [0.5, 0.6) is 0 Å². The third-order valence-electron chi connectivity index (χ3n) is 1.78. The van der Waals surface area contributed by atoms with Crippen molar-refractivity contribution >= 4 is 24.3 Å². The number of carboxylic acid groups (broad SMARTS) is 1. The molecular weight excluding hydrogens is 220 g/mol. The number of carbonyl (C=O) groups excluding carboxylic acids is 1. The first-order valence-corrected chi connectivity index (χ1v) is 4.02. The maximum atomic E-state index is 10.9. The summed E-state index contributed by atoms with van der Waals surface area (Å²) in [4.78, 5) is 21.4. The molecule has 0 fully saturated rings. The van der Waals surface area contributed by atoms with Crippen molar-refractivity contribution in [3.63, 3.8) is 0 Å². The number of halogens is 1. The van der Waals surface area contributed by atoms with Gasteiger partial charge in [-0.15, -0.1) is 12.4 Å². The number of ether oxygens (including phenoxy) is 1. The molecule has 0 saturated carbocycles. The second kappa shape index (κ2) is 6.03. The summed E-state index contributed by atoms with van der Waals surface area (Å²) in [5, 5.41) is 8.61. The van der Waals surface area contributed by atoms with Gasteiger partial charge in [-0.25, -0.2) is 4.79 Å². The van der Waals surface area contributed by atoms with Crippen LogP contribution in [0.15, 0.2) is 24.3 Å². The molecule has 1 N–H and O–H groups in total. The van der Waals surface area contributed by atoms with E-state index < -0.39 is 5.97 Å². The summed E-state index contributed by atoms with van der Waals surface area (Å²) in [6.45, 7) is 0. The Morgan fingerprint density at radius 3 is 2.20 bits per heavy atom. The fourth-order valence-corrected chi connectivity index (χ4v) is 1.00. The molecule has 0 radical (unpaired) electrons. The molecule has 0 amide bonds.